The van der Waals surface area contributed by atoms with Gasteiger partial charge in [0.1, 0.15) is 42.3 Å². The van der Waals surface area contributed by atoms with Gasteiger partial charge in [0.2, 0.25) is 41.4 Å². The molecule has 0 aliphatic carbocycles. The quantitative estimate of drug-likeness (QED) is 0.0378. The highest BCUT2D eigenvalue weighted by atomic mass is 32.2. The number of aliphatic carboxylic acids is 2. The Morgan fingerprint density at radius 1 is 0.726 bits per heavy atom. The highest BCUT2D eigenvalue weighted by Gasteiger charge is 2.36. The predicted molar refractivity (Wildman–Crippen MR) is 225 cm³/mol. The molecule has 1 aromatic rings. The Kier molecular flexibility index (Phi) is 24.3. The van der Waals surface area contributed by atoms with Gasteiger partial charge >= 0.3 is 11.9 Å². The number of nitrogens with zero attached hydrogens (tertiary/aromatic N) is 1. The zero-order chi connectivity index (χ0) is 47.3. The van der Waals surface area contributed by atoms with Crippen LogP contribution in [0.5, 0.6) is 0 Å². The Bertz CT molecular complexity index is 1670. The van der Waals surface area contributed by atoms with Gasteiger partial charge in [0, 0.05) is 24.7 Å². The van der Waals surface area contributed by atoms with Crippen LogP contribution in [-0.4, -0.2) is 157 Å². The number of aromatic amines is 1. The average Bonchev–Trinajstić information content (AvgIpc) is 3.72. The second-order valence-corrected chi connectivity index (χ2v) is 16.3. The Hall–Kier alpha value is -5.33. The van der Waals surface area contributed by atoms with Gasteiger partial charge < -0.3 is 68.4 Å². The van der Waals surface area contributed by atoms with E-state index in [4.69, 9.17) is 10.8 Å². The molecule has 0 unspecified atom stereocenters. The summed E-state index contributed by atoms with van der Waals surface area (Å²) in [4.78, 5) is 123. The van der Waals surface area contributed by atoms with Gasteiger partial charge in [0.25, 0.3) is 0 Å². The Morgan fingerprint density at radius 2 is 1.27 bits per heavy atom. The third kappa shape index (κ3) is 19.2. The number of carboxylic acid groups (broad SMARTS) is 2. The van der Waals surface area contributed by atoms with E-state index in [1.807, 2.05) is 0 Å². The number of imidazole rings is 1. The van der Waals surface area contributed by atoms with E-state index in [0.717, 1.165) is 0 Å². The molecule has 0 aromatic carbocycles. The molecule has 1 aromatic heterocycles. The number of aliphatic hydroxyl groups is 2. The first kappa shape index (κ1) is 54.7. The molecule has 0 spiro atoms. The first-order chi connectivity index (χ1) is 29.1. The van der Waals surface area contributed by atoms with Gasteiger partial charge in [-0.2, -0.15) is 11.8 Å². The van der Waals surface area contributed by atoms with E-state index in [2.05, 4.69) is 47.2 Å². The molecule has 0 fully saturated rings. The molecule has 24 heteroatoms. The molecule has 62 heavy (non-hydrogen) atoms. The zero-order valence-electron chi connectivity index (χ0n) is 36.1. The van der Waals surface area contributed by atoms with Crippen LogP contribution in [0.2, 0.25) is 0 Å². The van der Waals surface area contributed by atoms with Gasteiger partial charge in [-0.15, -0.1) is 0 Å². The number of carboxylic acids is 2. The standard InChI is InChI=1S/C38H64N10O13S/c1-8-19(4)29(47-33(55)24(11-12-62-7)43-32(54)23(39)9-10-28(51)52)36(58)44-25(14-22-15-40-17-41-22)34(56)48-30(21(6)50)37(59)42-20(5)31(53)46-27(16-49)35(57)45-26(38(60)61)13-18(2)3/h15,17-21,23-27,29-30,49-50H,8-14,16,39H2,1-7H3,(H,40,41)(H,42,59)(H,43,54)(H,44,58)(H,45,57)(H,46,53)(H,47,55)(H,48,56)(H,51,52)(H,60,61)/t19-,20-,21+,23-,24-,25-,26-,27-,29-,30-/m0/s1. The summed E-state index contributed by atoms with van der Waals surface area (Å²) in [6.07, 6.45) is 2.74. The van der Waals surface area contributed by atoms with Crippen molar-refractivity contribution in [2.24, 2.45) is 17.6 Å². The summed E-state index contributed by atoms with van der Waals surface area (Å²) in [5, 5.41) is 55.8. The van der Waals surface area contributed by atoms with Crippen LogP contribution in [0.15, 0.2) is 12.5 Å². The molecule has 0 aliphatic heterocycles. The van der Waals surface area contributed by atoms with Crippen LogP contribution in [0.25, 0.3) is 0 Å². The second-order valence-electron chi connectivity index (χ2n) is 15.3. The predicted octanol–water partition coefficient (Wildman–Crippen LogP) is -3.14. The molecule has 0 saturated carbocycles. The van der Waals surface area contributed by atoms with Crippen LogP contribution in [-0.2, 0) is 49.6 Å². The summed E-state index contributed by atoms with van der Waals surface area (Å²) in [6, 6.07) is -11.1. The number of aliphatic hydroxyl groups excluding tert-OH is 2. The van der Waals surface area contributed by atoms with Gasteiger partial charge in [0.05, 0.1) is 25.1 Å². The topological polar surface area (TPSA) is 373 Å². The molecular formula is C38H64N10O13S. The van der Waals surface area contributed by atoms with Crippen molar-refractivity contribution < 1.29 is 63.6 Å². The molecule has 1 heterocycles. The molecular weight excluding hydrogens is 837 g/mol. The smallest absolute Gasteiger partial charge is 0.326 e. The van der Waals surface area contributed by atoms with Gasteiger partial charge in [-0.25, -0.2) is 9.78 Å². The van der Waals surface area contributed by atoms with Crippen molar-refractivity contribution in [3.05, 3.63) is 18.2 Å². The number of nitrogens with one attached hydrogen (secondary N) is 8. The van der Waals surface area contributed by atoms with E-state index in [1.165, 1.54) is 38.1 Å². The summed E-state index contributed by atoms with van der Waals surface area (Å²) < 4.78 is 0. The molecule has 350 valence electrons. The number of thioether (sulfide) groups is 1. The van der Waals surface area contributed by atoms with Crippen LogP contribution in [0.4, 0.5) is 0 Å². The van der Waals surface area contributed by atoms with Crippen molar-refractivity contribution in [2.75, 3.05) is 18.6 Å². The minimum absolute atomic E-state index is 0.0726. The monoisotopic (exact) mass is 900 g/mol. The van der Waals surface area contributed by atoms with Crippen LogP contribution in [0, 0.1) is 11.8 Å². The number of rotatable bonds is 29. The Balaban J connectivity index is 3.24. The molecule has 23 nitrogen and oxygen atoms in total. The van der Waals surface area contributed by atoms with Crippen LogP contribution >= 0.6 is 11.8 Å². The van der Waals surface area contributed by atoms with E-state index in [-0.39, 0.29) is 38.0 Å². The number of H-pyrrole nitrogens is 1. The summed E-state index contributed by atoms with van der Waals surface area (Å²) in [5.41, 5.74) is 6.23. The Labute approximate surface area is 364 Å². The van der Waals surface area contributed by atoms with Crippen molar-refractivity contribution in [3.63, 3.8) is 0 Å². The third-order valence-corrected chi connectivity index (χ3v) is 10.3. The summed E-state index contributed by atoms with van der Waals surface area (Å²) >= 11 is 1.39. The van der Waals surface area contributed by atoms with Crippen molar-refractivity contribution in [3.8, 4) is 0 Å². The van der Waals surface area contributed by atoms with Crippen molar-refractivity contribution in [1.82, 2.24) is 47.2 Å². The van der Waals surface area contributed by atoms with E-state index < -0.39 is 120 Å². The van der Waals surface area contributed by atoms with Gasteiger partial charge in [-0.3, -0.25) is 38.4 Å². The number of carbonyl (C=O) groups excluding carboxylic acids is 7. The number of carbonyl (C=O) groups is 9. The maximum Gasteiger partial charge on any atom is 0.326 e. The largest absolute Gasteiger partial charge is 0.481 e. The molecule has 0 bridgehead atoms. The van der Waals surface area contributed by atoms with Crippen LogP contribution < -0.4 is 43.0 Å². The molecule has 10 atom stereocenters. The summed E-state index contributed by atoms with van der Waals surface area (Å²) in [6.45, 7) is 8.40. The molecule has 0 radical (unpaired) electrons. The molecule has 1 rings (SSSR count). The fourth-order valence-corrected chi connectivity index (χ4v) is 6.19. The lowest BCUT2D eigenvalue weighted by Crippen LogP contribution is -2.62. The molecule has 0 saturated heterocycles. The lowest BCUT2D eigenvalue weighted by atomic mass is 9.96. The SMILES string of the molecule is CC[C@H](C)[C@H](NC(=O)[C@H](CCSC)NC(=O)[C@@H](N)CCC(=O)O)C(=O)N[C@@H](Cc1cnc[nH]1)C(=O)N[C@H](C(=O)N[C@@H](C)C(=O)N[C@@H](CO)C(=O)N[C@@H](CC(C)C)C(=O)O)[C@@H](C)O. The number of hydrogen-bond donors (Lipinski definition) is 13. The first-order valence-electron chi connectivity index (χ1n) is 20.1. The highest BCUT2D eigenvalue weighted by molar-refractivity contribution is 7.98. The third-order valence-electron chi connectivity index (χ3n) is 9.61. The van der Waals surface area contributed by atoms with Gasteiger partial charge in [0.15, 0.2) is 0 Å². The number of hydrogen-bond acceptors (Lipinski definition) is 14. The minimum atomic E-state index is -1.71. The minimum Gasteiger partial charge on any atom is -0.481 e. The van der Waals surface area contributed by atoms with Crippen molar-refractivity contribution in [1.29, 1.82) is 0 Å². The molecule has 14 N–H and O–H groups in total. The zero-order valence-corrected chi connectivity index (χ0v) is 36.9. The molecule has 7 amide bonds. The first-order valence-corrected chi connectivity index (χ1v) is 21.5. The van der Waals surface area contributed by atoms with E-state index in [1.54, 1.807) is 34.0 Å². The van der Waals surface area contributed by atoms with Gasteiger partial charge in [-0.1, -0.05) is 34.1 Å². The number of amides is 7. The fourth-order valence-electron chi connectivity index (χ4n) is 5.72. The maximum absolute atomic E-state index is 14.0. The second kappa shape index (κ2) is 27.6. The highest BCUT2D eigenvalue weighted by Crippen LogP contribution is 2.12. The van der Waals surface area contributed by atoms with Crippen molar-refractivity contribution >= 4 is 65.1 Å². The lowest BCUT2D eigenvalue weighted by Gasteiger charge is -2.29. The normalized spacial score (nSPS) is 16.0. The number of nitrogens with two attached hydrogens (primary N) is 1. The summed E-state index contributed by atoms with van der Waals surface area (Å²) in [7, 11) is 0. The fraction of sp³-hybridized carbons (Fsp3) is 0.684. The van der Waals surface area contributed by atoms with Gasteiger partial charge in [-0.05, 0) is 57.0 Å². The lowest BCUT2D eigenvalue weighted by molar-refractivity contribution is -0.143. The summed E-state index contributed by atoms with van der Waals surface area (Å²) in [5.74, 6) is -8.97. The van der Waals surface area contributed by atoms with Crippen LogP contribution in [0.3, 0.4) is 0 Å². The van der Waals surface area contributed by atoms with E-state index in [0.29, 0.717) is 17.9 Å². The van der Waals surface area contributed by atoms with Crippen LogP contribution in [0.1, 0.15) is 79.3 Å². The maximum atomic E-state index is 14.0. The van der Waals surface area contributed by atoms with E-state index >= 15 is 0 Å². The van der Waals surface area contributed by atoms with E-state index in [9.17, 15) is 58.5 Å². The average molecular weight is 901 g/mol. The number of aromatic nitrogens is 2. The van der Waals surface area contributed by atoms with Crippen molar-refractivity contribution in [2.45, 2.75) is 135 Å². The Morgan fingerprint density at radius 3 is 1.79 bits per heavy atom. The molecule has 0 aliphatic rings.